The number of hydrogen-bond acceptors (Lipinski definition) is 6. The minimum Gasteiger partial charge on any atom is -0.466 e. The third-order valence-corrected chi connectivity index (χ3v) is 5.00. The van der Waals surface area contributed by atoms with Crippen LogP contribution in [0.5, 0.6) is 0 Å². The molecule has 0 heterocycles. The minimum atomic E-state index is -3.20. The Hall–Kier alpha value is -0.520. The van der Waals surface area contributed by atoms with Crippen molar-refractivity contribution in [2.75, 3.05) is 20.0 Å². The fourth-order valence-electron chi connectivity index (χ4n) is 0.701. The van der Waals surface area contributed by atoms with E-state index in [1.165, 1.54) is 13.4 Å². The first-order valence-corrected chi connectivity index (χ1v) is 7.61. The molecule has 1 atom stereocenters. The summed E-state index contributed by atoms with van der Waals surface area (Å²) in [6.45, 7) is -1.36. The lowest BCUT2D eigenvalue weighted by atomic mass is 10.4. The largest absolute Gasteiger partial charge is 0.466 e. The molecule has 1 N–H and O–H groups in total. The molecular formula is C7H14NO5PS. The standard InChI is InChI=1S/C7H14NO5PS/c1-4-13-7(10)5-6(9)8-14(11,12-2)15-3/h4-5H2,1-3H3,(H,8,9,11). The number of esters is 1. The van der Waals surface area contributed by atoms with Crippen LogP contribution in [0.4, 0.5) is 0 Å². The Morgan fingerprint density at radius 1 is 1.47 bits per heavy atom. The molecule has 0 fully saturated rings. The van der Waals surface area contributed by atoms with Gasteiger partial charge in [0.1, 0.15) is 6.42 Å². The lowest BCUT2D eigenvalue weighted by Crippen LogP contribution is -2.23. The highest BCUT2D eigenvalue weighted by atomic mass is 32.7. The molecule has 0 aromatic rings. The second-order valence-electron chi connectivity index (χ2n) is 2.38. The van der Waals surface area contributed by atoms with Crippen molar-refractivity contribution >= 4 is 30.0 Å². The highest BCUT2D eigenvalue weighted by Crippen LogP contribution is 2.53. The maximum Gasteiger partial charge on any atom is 0.352 e. The van der Waals surface area contributed by atoms with Crippen molar-refractivity contribution in [1.82, 2.24) is 5.09 Å². The van der Waals surface area contributed by atoms with Crippen LogP contribution in [-0.4, -0.2) is 31.8 Å². The highest BCUT2D eigenvalue weighted by Gasteiger charge is 2.24. The third kappa shape index (κ3) is 5.81. The predicted octanol–water partition coefficient (Wildman–Crippen LogP) is 1.17. The lowest BCUT2D eigenvalue weighted by molar-refractivity contribution is -0.145. The summed E-state index contributed by atoms with van der Waals surface area (Å²) in [5, 5.41) is 2.14. The van der Waals surface area contributed by atoms with Crippen LogP contribution in [0.3, 0.4) is 0 Å². The molecule has 1 unspecified atom stereocenters. The van der Waals surface area contributed by atoms with Crippen LogP contribution in [0.2, 0.25) is 0 Å². The first kappa shape index (κ1) is 14.5. The molecule has 0 aliphatic rings. The average Bonchev–Trinajstić information content (AvgIpc) is 2.17. The predicted molar refractivity (Wildman–Crippen MR) is 57.5 cm³/mol. The zero-order chi connectivity index (χ0) is 11.9. The van der Waals surface area contributed by atoms with E-state index < -0.39 is 25.0 Å². The molecule has 0 saturated carbocycles. The number of ether oxygens (including phenoxy) is 1. The molecule has 1 amide bonds. The first-order valence-electron chi connectivity index (χ1n) is 4.15. The summed E-state index contributed by atoms with van der Waals surface area (Å²) in [6, 6.07) is 0. The number of amides is 1. The number of rotatable bonds is 6. The molecule has 6 nitrogen and oxygen atoms in total. The summed E-state index contributed by atoms with van der Waals surface area (Å²) < 4.78 is 20.7. The summed E-state index contributed by atoms with van der Waals surface area (Å²) in [7, 11) is 1.22. The Balaban J connectivity index is 4.14. The van der Waals surface area contributed by atoms with Gasteiger partial charge in [-0.2, -0.15) is 0 Å². The molecule has 0 rings (SSSR count). The van der Waals surface area contributed by atoms with Crippen LogP contribution < -0.4 is 5.09 Å². The summed E-state index contributed by atoms with van der Waals surface area (Å²) in [5.41, 5.74) is 0. The van der Waals surface area contributed by atoms with E-state index in [-0.39, 0.29) is 6.61 Å². The maximum absolute atomic E-state index is 11.6. The van der Waals surface area contributed by atoms with Crippen LogP contribution in [0, 0.1) is 0 Å². The molecule has 0 bridgehead atoms. The molecule has 0 radical (unpaired) electrons. The van der Waals surface area contributed by atoms with Crippen LogP contribution in [0.1, 0.15) is 13.3 Å². The van der Waals surface area contributed by atoms with E-state index in [0.29, 0.717) is 0 Å². The summed E-state index contributed by atoms with van der Waals surface area (Å²) in [5.74, 6) is -1.33. The second-order valence-corrected chi connectivity index (χ2v) is 6.87. The molecule has 88 valence electrons. The van der Waals surface area contributed by atoms with Crippen LogP contribution in [0.25, 0.3) is 0 Å². The molecule has 0 aromatic heterocycles. The SMILES string of the molecule is CCOC(=O)CC(=O)NP(=O)(OC)SC. The van der Waals surface area contributed by atoms with Crippen molar-refractivity contribution in [3.8, 4) is 0 Å². The Bertz CT molecular complexity index is 275. The molecular weight excluding hydrogens is 241 g/mol. The smallest absolute Gasteiger partial charge is 0.352 e. The lowest BCUT2D eigenvalue weighted by Gasteiger charge is -2.13. The van der Waals surface area contributed by atoms with Crippen molar-refractivity contribution < 1.29 is 23.4 Å². The number of carbonyl (C=O) groups is 2. The normalized spacial score (nSPS) is 14.1. The fraction of sp³-hybridized carbons (Fsp3) is 0.714. The van der Waals surface area contributed by atoms with Gasteiger partial charge in [0.15, 0.2) is 0 Å². The molecule has 15 heavy (non-hydrogen) atoms. The van der Waals surface area contributed by atoms with Crippen LogP contribution >= 0.6 is 18.1 Å². The van der Waals surface area contributed by atoms with E-state index >= 15 is 0 Å². The Kier molecular flexibility index (Phi) is 6.63. The summed E-state index contributed by atoms with van der Waals surface area (Å²) in [4.78, 5) is 22.1. The first-order chi connectivity index (χ1) is 6.97. The second kappa shape index (κ2) is 6.87. The molecule has 0 aliphatic carbocycles. The number of hydrogen-bond donors (Lipinski definition) is 1. The topological polar surface area (TPSA) is 81.7 Å². The van der Waals surface area contributed by atoms with E-state index in [4.69, 9.17) is 0 Å². The van der Waals surface area contributed by atoms with Crippen LogP contribution in [-0.2, 0) is 23.4 Å². The van der Waals surface area contributed by atoms with Gasteiger partial charge in [-0.05, 0) is 13.2 Å². The minimum absolute atomic E-state index is 0.205. The zero-order valence-electron chi connectivity index (χ0n) is 8.81. The number of carbonyl (C=O) groups excluding carboxylic acids is 2. The van der Waals surface area contributed by atoms with Gasteiger partial charge in [0.05, 0.1) is 6.61 Å². The van der Waals surface area contributed by atoms with E-state index in [2.05, 4.69) is 14.3 Å². The van der Waals surface area contributed by atoms with E-state index in [0.717, 1.165) is 11.4 Å². The van der Waals surface area contributed by atoms with Crippen molar-refractivity contribution in [1.29, 1.82) is 0 Å². The van der Waals surface area contributed by atoms with Gasteiger partial charge in [-0.15, -0.1) is 0 Å². The van der Waals surface area contributed by atoms with Gasteiger partial charge in [0.2, 0.25) is 5.91 Å². The highest BCUT2D eigenvalue weighted by molar-refractivity contribution is 8.55. The molecule has 8 heteroatoms. The van der Waals surface area contributed by atoms with Gasteiger partial charge in [0.25, 0.3) is 0 Å². The Morgan fingerprint density at radius 3 is 2.47 bits per heavy atom. The van der Waals surface area contributed by atoms with Crippen LogP contribution in [0.15, 0.2) is 0 Å². The van der Waals surface area contributed by atoms with Gasteiger partial charge in [-0.25, -0.2) is 0 Å². The zero-order valence-corrected chi connectivity index (χ0v) is 10.5. The van der Waals surface area contributed by atoms with Gasteiger partial charge < -0.3 is 9.26 Å². The summed E-state index contributed by atoms with van der Waals surface area (Å²) in [6.07, 6.45) is 1.08. The van der Waals surface area contributed by atoms with Crippen molar-refractivity contribution in [3.63, 3.8) is 0 Å². The Morgan fingerprint density at radius 2 is 2.07 bits per heavy atom. The molecule has 0 aliphatic heterocycles. The monoisotopic (exact) mass is 255 g/mol. The molecule has 0 aromatic carbocycles. The fourth-order valence-corrected chi connectivity index (χ4v) is 2.44. The van der Waals surface area contributed by atoms with E-state index in [1.54, 1.807) is 6.92 Å². The quantitative estimate of drug-likeness (QED) is 0.436. The number of nitrogens with one attached hydrogen (secondary N) is 1. The van der Waals surface area contributed by atoms with Gasteiger partial charge in [0, 0.05) is 7.11 Å². The molecule has 0 saturated heterocycles. The van der Waals surface area contributed by atoms with Gasteiger partial charge >= 0.3 is 12.7 Å². The van der Waals surface area contributed by atoms with E-state index in [9.17, 15) is 14.2 Å². The van der Waals surface area contributed by atoms with Crippen molar-refractivity contribution in [3.05, 3.63) is 0 Å². The maximum atomic E-state index is 11.6. The van der Waals surface area contributed by atoms with E-state index in [1.807, 2.05) is 0 Å². The van der Waals surface area contributed by atoms with Gasteiger partial charge in [-0.1, -0.05) is 11.4 Å². The summed E-state index contributed by atoms with van der Waals surface area (Å²) >= 11 is 0.890. The third-order valence-electron chi connectivity index (χ3n) is 1.35. The average molecular weight is 255 g/mol. The van der Waals surface area contributed by atoms with Crippen molar-refractivity contribution in [2.24, 2.45) is 0 Å². The van der Waals surface area contributed by atoms with Gasteiger partial charge in [-0.3, -0.25) is 19.2 Å². The Labute approximate surface area is 92.3 Å². The molecule has 0 spiro atoms. The van der Waals surface area contributed by atoms with Crippen molar-refractivity contribution in [2.45, 2.75) is 13.3 Å².